The van der Waals surface area contributed by atoms with Crippen molar-refractivity contribution in [1.82, 2.24) is 20.0 Å². The summed E-state index contributed by atoms with van der Waals surface area (Å²) in [4.78, 5) is 32.8. The van der Waals surface area contributed by atoms with Crippen LogP contribution in [0.3, 0.4) is 0 Å². The van der Waals surface area contributed by atoms with Crippen LogP contribution in [0, 0.1) is 17.7 Å². The van der Waals surface area contributed by atoms with Crippen LogP contribution in [0.1, 0.15) is 36.8 Å². The minimum absolute atomic E-state index is 0.0756. The molecule has 1 N–H and O–H groups in total. The number of hydrogen-bond donors (Lipinski definition) is 1. The highest BCUT2D eigenvalue weighted by Crippen LogP contribution is 2.29. The Kier molecular flexibility index (Phi) is 9.84. The molecule has 3 heterocycles. The van der Waals surface area contributed by atoms with E-state index < -0.39 is 0 Å². The van der Waals surface area contributed by atoms with Crippen molar-refractivity contribution in [3.63, 3.8) is 0 Å². The van der Waals surface area contributed by atoms with Gasteiger partial charge in [-0.25, -0.2) is 4.39 Å². The van der Waals surface area contributed by atoms with Gasteiger partial charge in [0.05, 0.1) is 6.54 Å². The number of fused-ring (bicyclic) bond motifs is 3. The Morgan fingerprint density at radius 2 is 1.80 bits per heavy atom. The number of halogens is 1. The molecule has 214 valence electrons. The molecule has 3 aliphatic heterocycles. The Labute approximate surface area is 237 Å². The highest BCUT2D eigenvalue weighted by molar-refractivity contribution is 5.79. The van der Waals surface area contributed by atoms with Gasteiger partial charge in [0, 0.05) is 51.3 Å². The minimum Gasteiger partial charge on any atom is -0.489 e. The molecule has 0 unspecified atom stereocenters. The number of carbonyl (C=O) groups excluding carboxylic acids is 2. The van der Waals surface area contributed by atoms with Crippen molar-refractivity contribution < 1.29 is 18.7 Å². The molecule has 5 rings (SSSR count). The number of rotatable bonds is 7. The number of benzene rings is 2. The zero-order valence-corrected chi connectivity index (χ0v) is 23.3. The van der Waals surface area contributed by atoms with Crippen molar-refractivity contribution in [2.24, 2.45) is 11.8 Å². The monoisotopic (exact) mass is 548 g/mol. The second-order valence-electron chi connectivity index (χ2n) is 11.3. The Morgan fingerprint density at radius 1 is 1.00 bits per heavy atom. The maximum atomic E-state index is 13.6. The van der Waals surface area contributed by atoms with E-state index in [0.717, 1.165) is 42.9 Å². The van der Waals surface area contributed by atoms with Crippen LogP contribution < -0.4 is 10.1 Å². The lowest BCUT2D eigenvalue weighted by Gasteiger charge is -2.38. The second-order valence-corrected chi connectivity index (χ2v) is 11.3. The van der Waals surface area contributed by atoms with Gasteiger partial charge in [-0.1, -0.05) is 42.5 Å². The Bertz CT molecular complexity index is 1170. The molecule has 3 aliphatic rings. The zero-order valence-electron chi connectivity index (χ0n) is 23.3. The average Bonchev–Trinajstić information content (AvgIpc) is 3.47. The van der Waals surface area contributed by atoms with E-state index in [2.05, 4.69) is 21.2 Å². The summed E-state index contributed by atoms with van der Waals surface area (Å²) in [6.45, 7) is 6.84. The van der Waals surface area contributed by atoms with E-state index in [1.165, 1.54) is 25.0 Å². The molecule has 0 radical (unpaired) electrons. The van der Waals surface area contributed by atoms with Gasteiger partial charge in [0.1, 0.15) is 18.2 Å². The third-order valence-corrected chi connectivity index (χ3v) is 8.32. The van der Waals surface area contributed by atoms with Gasteiger partial charge in [-0.2, -0.15) is 0 Å². The first-order chi connectivity index (χ1) is 19.5. The summed E-state index contributed by atoms with van der Waals surface area (Å²) in [6.07, 6.45) is 7.92. The third-order valence-electron chi connectivity index (χ3n) is 8.32. The van der Waals surface area contributed by atoms with Gasteiger partial charge in [0.25, 0.3) is 0 Å². The minimum atomic E-state index is -0.273. The van der Waals surface area contributed by atoms with Gasteiger partial charge in [0.15, 0.2) is 0 Å². The number of piperidine rings is 1. The molecule has 2 bridgehead atoms. The molecule has 2 fully saturated rings. The summed E-state index contributed by atoms with van der Waals surface area (Å²) in [5.74, 6) is 0.958. The molecule has 2 atom stereocenters. The van der Waals surface area contributed by atoms with Crippen molar-refractivity contribution in [1.29, 1.82) is 0 Å². The average molecular weight is 549 g/mol. The summed E-state index contributed by atoms with van der Waals surface area (Å²) < 4.78 is 19.7. The fraction of sp³-hybridized carbons (Fsp3) is 0.500. The topological polar surface area (TPSA) is 65.1 Å². The molecule has 2 amide bonds. The fourth-order valence-corrected chi connectivity index (χ4v) is 6.09. The predicted molar refractivity (Wildman–Crippen MR) is 153 cm³/mol. The van der Waals surface area contributed by atoms with Crippen LogP contribution in [0.15, 0.2) is 60.7 Å². The first kappa shape index (κ1) is 28.3. The van der Waals surface area contributed by atoms with Gasteiger partial charge in [-0.3, -0.25) is 14.5 Å². The first-order valence-electron chi connectivity index (χ1n) is 14.6. The number of ether oxygens (including phenoxy) is 1. The lowest BCUT2D eigenvalue weighted by Crippen LogP contribution is -2.47. The Hall–Kier alpha value is -3.23. The standard InChI is InChI=1S/C32H41FN4O3/c33-29-11-9-25(10-12-29)21-36-22-28-6-1-2-8-30(28)40-19-5-7-27-23-37(32(39)24-36)17-13-26(27)20-31(38)34-14-18-35-15-3-4-16-35/h1-2,5-12,26-27H,3-4,13-24H2,(H,34,38)/t26-,27-/m0/s1. The quantitative estimate of drug-likeness (QED) is 0.533. The van der Waals surface area contributed by atoms with E-state index in [0.29, 0.717) is 45.8 Å². The maximum absolute atomic E-state index is 13.6. The molecular weight excluding hydrogens is 507 g/mol. The smallest absolute Gasteiger partial charge is 0.236 e. The van der Waals surface area contributed by atoms with Crippen molar-refractivity contribution in [3.8, 4) is 5.75 Å². The molecule has 2 aromatic rings. The van der Waals surface area contributed by atoms with Crippen LogP contribution in [0.2, 0.25) is 0 Å². The molecule has 0 aromatic heterocycles. The SMILES string of the molecule is O=C(C[C@@H]1CCN2C[C@@H]1C=CCOc1ccccc1CN(Cc1ccc(F)cc1)CC2=O)NCCN1CCCC1. The van der Waals surface area contributed by atoms with Crippen LogP contribution in [0.5, 0.6) is 5.75 Å². The van der Waals surface area contributed by atoms with Crippen molar-refractivity contribution in [3.05, 3.63) is 77.6 Å². The summed E-state index contributed by atoms with van der Waals surface area (Å²) in [5, 5.41) is 3.12. The lowest BCUT2D eigenvalue weighted by atomic mass is 9.82. The molecule has 8 heteroatoms. The van der Waals surface area contributed by atoms with Gasteiger partial charge < -0.3 is 19.9 Å². The molecule has 7 nitrogen and oxygen atoms in total. The summed E-state index contributed by atoms with van der Waals surface area (Å²) in [5.41, 5.74) is 1.96. The molecule has 2 saturated heterocycles. The van der Waals surface area contributed by atoms with E-state index in [4.69, 9.17) is 4.74 Å². The van der Waals surface area contributed by atoms with Crippen LogP contribution >= 0.6 is 0 Å². The Morgan fingerprint density at radius 3 is 2.62 bits per heavy atom. The number of likely N-dealkylation sites (tertiary alicyclic amines) is 1. The van der Waals surface area contributed by atoms with Crippen LogP contribution in [0.25, 0.3) is 0 Å². The summed E-state index contributed by atoms with van der Waals surface area (Å²) in [7, 11) is 0. The van der Waals surface area contributed by atoms with E-state index in [9.17, 15) is 14.0 Å². The zero-order chi connectivity index (χ0) is 27.7. The largest absolute Gasteiger partial charge is 0.489 e. The number of carbonyl (C=O) groups is 2. The molecule has 40 heavy (non-hydrogen) atoms. The summed E-state index contributed by atoms with van der Waals surface area (Å²) >= 11 is 0. The van der Waals surface area contributed by atoms with Gasteiger partial charge in [0.2, 0.25) is 11.8 Å². The summed E-state index contributed by atoms with van der Waals surface area (Å²) in [6, 6.07) is 14.4. The van der Waals surface area contributed by atoms with Gasteiger partial charge in [-0.15, -0.1) is 0 Å². The van der Waals surface area contributed by atoms with Crippen LogP contribution in [-0.2, 0) is 22.7 Å². The molecule has 0 saturated carbocycles. The van der Waals surface area contributed by atoms with Crippen LogP contribution in [0.4, 0.5) is 4.39 Å². The third kappa shape index (κ3) is 7.92. The van der Waals surface area contributed by atoms with Crippen molar-refractivity contribution in [2.75, 3.05) is 52.4 Å². The van der Waals surface area contributed by atoms with Crippen LogP contribution in [-0.4, -0.2) is 78.9 Å². The van der Waals surface area contributed by atoms with Gasteiger partial charge in [-0.05, 0) is 68.0 Å². The maximum Gasteiger partial charge on any atom is 0.236 e. The highest BCUT2D eigenvalue weighted by Gasteiger charge is 2.32. The van der Waals surface area contributed by atoms with E-state index in [1.54, 1.807) is 12.1 Å². The normalized spacial score (nSPS) is 22.5. The lowest BCUT2D eigenvalue weighted by molar-refractivity contribution is -0.135. The first-order valence-corrected chi connectivity index (χ1v) is 14.6. The van der Waals surface area contributed by atoms with Gasteiger partial charge >= 0.3 is 0 Å². The predicted octanol–water partition coefficient (Wildman–Crippen LogP) is 3.84. The number of amides is 2. The van der Waals surface area contributed by atoms with Crippen molar-refractivity contribution >= 4 is 11.8 Å². The molecular formula is C32H41FN4O3. The number of nitrogens with one attached hydrogen (secondary N) is 1. The van der Waals surface area contributed by atoms with Crippen molar-refractivity contribution in [2.45, 2.75) is 38.8 Å². The van der Waals surface area contributed by atoms with E-state index in [-0.39, 0.29) is 36.0 Å². The fourth-order valence-electron chi connectivity index (χ4n) is 6.09. The number of nitrogens with zero attached hydrogens (tertiary/aromatic N) is 3. The molecule has 2 aromatic carbocycles. The van der Waals surface area contributed by atoms with E-state index >= 15 is 0 Å². The highest BCUT2D eigenvalue weighted by atomic mass is 19.1. The number of para-hydroxylation sites is 1. The molecule has 0 spiro atoms. The van der Waals surface area contributed by atoms with E-state index in [1.807, 2.05) is 35.2 Å². The number of hydrogen-bond acceptors (Lipinski definition) is 5. The Balaban J connectivity index is 1.27. The second kappa shape index (κ2) is 13.9. The molecule has 0 aliphatic carbocycles.